The number of nitrogens with zero attached hydrogens (tertiary/aromatic N) is 4. The van der Waals surface area contributed by atoms with E-state index in [1.165, 1.54) is 22.3 Å². The van der Waals surface area contributed by atoms with E-state index in [-0.39, 0.29) is 12.5 Å². The minimum Gasteiger partial charge on any atom is -0.388 e. The van der Waals surface area contributed by atoms with E-state index in [9.17, 15) is 9.90 Å². The number of nitrogens with one attached hydrogen (secondary N) is 1. The molecular formula is C14H21N5O2S. The predicted molar refractivity (Wildman–Crippen MR) is 84.1 cm³/mol. The molecule has 2 aromatic rings. The molecule has 1 unspecified atom stereocenters. The molecule has 7 nitrogen and oxygen atoms in total. The van der Waals surface area contributed by atoms with Gasteiger partial charge in [-0.3, -0.25) is 4.79 Å². The van der Waals surface area contributed by atoms with Crippen LogP contribution in [0.1, 0.15) is 43.3 Å². The van der Waals surface area contributed by atoms with Gasteiger partial charge in [-0.25, -0.2) is 0 Å². The Morgan fingerprint density at radius 2 is 2.32 bits per heavy atom. The van der Waals surface area contributed by atoms with Crippen LogP contribution in [0.2, 0.25) is 0 Å². The number of hydrogen-bond donors (Lipinski definition) is 2. The van der Waals surface area contributed by atoms with Gasteiger partial charge >= 0.3 is 0 Å². The van der Waals surface area contributed by atoms with Crippen LogP contribution in [0.15, 0.2) is 17.8 Å². The fraction of sp³-hybridized carbons (Fsp3) is 0.571. The van der Waals surface area contributed by atoms with Gasteiger partial charge in [0.05, 0.1) is 11.3 Å². The Morgan fingerprint density at radius 3 is 2.95 bits per heavy atom. The molecule has 1 atom stereocenters. The Hall–Kier alpha value is -1.80. The van der Waals surface area contributed by atoms with Gasteiger partial charge in [0.25, 0.3) is 5.91 Å². The number of tetrazole rings is 1. The van der Waals surface area contributed by atoms with E-state index in [4.69, 9.17) is 0 Å². The van der Waals surface area contributed by atoms with Gasteiger partial charge in [-0.1, -0.05) is 13.8 Å². The zero-order valence-corrected chi connectivity index (χ0v) is 13.8. The van der Waals surface area contributed by atoms with Crippen molar-refractivity contribution in [3.05, 3.63) is 22.7 Å². The van der Waals surface area contributed by atoms with Crippen LogP contribution in [0.4, 0.5) is 0 Å². The highest BCUT2D eigenvalue weighted by Gasteiger charge is 2.23. The van der Waals surface area contributed by atoms with Crippen LogP contribution in [0.5, 0.6) is 0 Å². The lowest BCUT2D eigenvalue weighted by molar-refractivity contribution is 0.0430. The predicted octanol–water partition coefficient (Wildman–Crippen LogP) is 1.64. The summed E-state index contributed by atoms with van der Waals surface area (Å²) >= 11 is 1.31. The van der Waals surface area contributed by atoms with Gasteiger partial charge in [0.15, 0.2) is 0 Å². The van der Waals surface area contributed by atoms with Crippen molar-refractivity contribution in [2.75, 3.05) is 6.54 Å². The van der Waals surface area contributed by atoms with Gasteiger partial charge in [-0.2, -0.15) is 4.68 Å². The van der Waals surface area contributed by atoms with Crippen molar-refractivity contribution in [3.8, 4) is 5.69 Å². The summed E-state index contributed by atoms with van der Waals surface area (Å²) in [5.41, 5.74) is -0.277. The van der Waals surface area contributed by atoms with E-state index >= 15 is 0 Å². The Morgan fingerprint density at radius 1 is 1.55 bits per heavy atom. The number of thiophene rings is 1. The minimum absolute atomic E-state index is 0.214. The molecule has 0 saturated heterocycles. The molecular weight excluding hydrogens is 302 g/mol. The third-order valence-electron chi connectivity index (χ3n) is 3.34. The molecule has 0 spiro atoms. The summed E-state index contributed by atoms with van der Waals surface area (Å²) in [6, 6.07) is 1.78. The molecule has 0 aromatic carbocycles. The minimum atomic E-state index is -0.911. The van der Waals surface area contributed by atoms with Crippen LogP contribution >= 0.6 is 11.3 Å². The third-order valence-corrected chi connectivity index (χ3v) is 4.24. The Balaban J connectivity index is 1.97. The fourth-order valence-corrected chi connectivity index (χ4v) is 2.76. The molecule has 1 amide bonds. The van der Waals surface area contributed by atoms with E-state index in [0.29, 0.717) is 22.9 Å². The topological polar surface area (TPSA) is 92.9 Å². The summed E-state index contributed by atoms with van der Waals surface area (Å²) in [4.78, 5) is 12.8. The lowest BCUT2D eigenvalue weighted by atomic mass is 9.95. The second-order valence-corrected chi connectivity index (χ2v) is 6.92. The normalized spacial score (nSPS) is 14.0. The van der Waals surface area contributed by atoms with E-state index in [1.807, 2.05) is 5.38 Å². The number of carbonyl (C=O) groups excluding carboxylic acids is 1. The molecule has 0 aliphatic rings. The van der Waals surface area contributed by atoms with Crippen LogP contribution < -0.4 is 5.32 Å². The van der Waals surface area contributed by atoms with E-state index in [1.54, 1.807) is 13.0 Å². The van der Waals surface area contributed by atoms with Crippen molar-refractivity contribution in [1.82, 2.24) is 25.5 Å². The van der Waals surface area contributed by atoms with Gasteiger partial charge in [-0.15, -0.1) is 16.4 Å². The molecule has 0 bridgehead atoms. The first-order valence-electron chi connectivity index (χ1n) is 7.20. The first kappa shape index (κ1) is 16.6. The Kier molecular flexibility index (Phi) is 5.25. The first-order chi connectivity index (χ1) is 10.4. The molecule has 2 aromatic heterocycles. The number of hydrogen-bond acceptors (Lipinski definition) is 6. The maximum atomic E-state index is 12.3. The monoisotopic (exact) mass is 323 g/mol. The highest BCUT2D eigenvalue weighted by molar-refractivity contribution is 7.12. The van der Waals surface area contributed by atoms with Crippen molar-refractivity contribution in [2.45, 2.75) is 39.2 Å². The highest BCUT2D eigenvalue weighted by Crippen LogP contribution is 2.20. The molecule has 120 valence electrons. The summed E-state index contributed by atoms with van der Waals surface area (Å²) < 4.78 is 1.45. The van der Waals surface area contributed by atoms with Gasteiger partial charge < -0.3 is 10.4 Å². The van der Waals surface area contributed by atoms with Crippen LogP contribution in [-0.4, -0.2) is 43.4 Å². The maximum absolute atomic E-state index is 12.3. The number of rotatable bonds is 7. The van der Waals surface area contributed by atoms with E-state index < -0.39 is 5.60 Å². The van der Waals surface area contributed by atoms with Crippen molar-refractivity contribution in [2.24, 2.45) is 5.92 Å². The molecule has 0 radical (unpaired) electrons. The second-order valence-electron chi connectivity index (χ2n) is 6.00. The quantitative estimate of drug-likeness (QED) is 0.808. The summed E-state index contributed by atoms with van der Waals surface area (Å²) in [5, 5.41) is 25.8. The van der Waals surface area contributed by atoms with Crippen molar-refractivity contribution >= 4 is 17.2 Å². The molecule has 0 aliphatic carbocycles. The SMILES string of the molecule is CC(C)CCC(C)(O)CNC(=O)c1sccc1-n1cnnn1. The second kappa shape index (κ2) is 6.97. The molecule has 2 N–H and O–H groups in total. The Labute approximate surface area is 133 Å². The zero-order valence-electron chi connectivity index (χ0n) is 13.0. The van der Waals surface area contributed by atoms with Gasteiger partial charge in [0.1, 0.15) is 11.2 Å². The van der Waals surface area contributed by atoms with Gasteiger partial charge in [0, 0.05) is 6.54 Å². The van der Waals surface area contributed by atoms with Crippen LogP contribution in [-0.2, 0) is 0 Å². The average Bonchev–Trinajstić information content (AvgIpc) is 3.12. The molecule has 0 fully saturated rings. The standard InChI is InChI=1S/C14H21N5O2S/c1-10(2)4-6-14(3,21)8-15-13(20)12-11(5-7-22-12)19-9-16-17-18-19/h5,7,9-10,21H,4,6,8H2,1-3H3,(H,15,20). The molecule has 0 aliphatic heterocycles. The van der Waals surface area contributed by atoms with Crippen molar-refractivity contribution < 1.29 is 9.90 Å². The van der Waals surface area contributed by atoms with Crippen LogP contribution in [0.25, 0.3) is 5.69 Å². The lowest BCUT2D eigenvalue weighted by Crippen LogP contribution is -2.40. The highest BCUT2D eigenvalue weighted by atomic mass is 32.1. The summed E-state index contributed by atoms with van der Waals surface area (Å²) in [5.74, 6) is 0.288. The molecule has 2 rings (SSSR count). The summed E-state index contributed by atoms with van der Waals surface area (Å²) in [6.45, 7) is 6.18. The molecule has 8 heteroatoms. The third kappa shape index (κ3) is 4.35. The number of carbonyl (C=O) groups is 1. The first-order valence-corrected chi connectivity index (χ1v) is 8.08. The van der Waals surface area contributed by atoms with E-state index in [2.05, 4.69) is 34.7 Å². The Bertz CT molecular complexity index is 607. The van der Waals surface area contributed by atoms with Crippen LogP contribution in [0, 0.1) is 5.92 Å². The van der Waals surface area contributed by atoms with Crippen LogP contribution in [0.3, 0.4) is 0 Å². The number of aliphatic hydroxyl groups is 1. The van der Waals surface area contributed by atoms with Gasteiger partial charge in [0.2, 0.25) is 0 Å². The summed E-state index contributed by atoms with van der Waals surface area (Å²) in [6.07, 6.45) is 3.00. The lowest BCUT2D eigenvalue weighted by Gasteiger charge is -2.24. The van der Waals surface area contributed by atoms with Gasteiger partial charge in [-0.05, 0) is 47.6 Å². The molecule has 2 heterocycles. The van der Waals surface area contributed by atoms with Crippen molar-refractivity contribution in [3.63, 3.8) is 0 Å². The van der Waals surface area contributed by atoms with Crippen molar-refractivity contribution in [1.29, 1.82) is 0 Å². The zero-order chi connectivity index (χ0) is 16.2. The number of aromatic nitrogens is 4. The molecule has 22 heavy (non-hydrogen) atoms. The maximum Gasteiger partial charge on any atom is 0.263 e. The average molecular weight is 323 g/mol. The summed E-state index contributed by atoms with van der Waals surface area (Å²) in [7, 11) is 0. The number of amides is 1. The smallest absolute Gasteiger partial charge is 0.263 e. The fourth-order valence-electron chi connectivity index (χ4n) is 1.96. The van der Waals surface area contributed by atoms with E-state index in [0.717, 1.165) is 6.42 Å². The molecule has 0 saturated carbocycles. The largest absolute Gasteiger partial charge is 0.388 e.